The number of hydrogen-bond acceptors (Lipinski definition) is 7. The average Bonchev–Trinajstić information content (AvgIpc) is 2.80. The SMILES string of the molecule is COc1cc2c(Nc3ccc(Cl)c(Cl)c3)ncnc2cc1OCCSc1ccccc1N. The molecule has 0 unspecified atom stereocenters. The molecule has 3 N–H and O–H groups in total. The van der Waals surface area contributed by atoms with Crippen LogP contribution in [0.4, 0.5) is 17.2 Å². The molecule has 0 radical (unpaired) electrons. The van der Waals surface area contributed by atoms with Crippen molar-refractivity contribution >= 4 is 63.1 Å². The largest absolute Gasteiger partial charge is 0.493 e. The van der Waals surface area contributed by atoms with Crippen LogP contribution in [0.3, 0.4) is 0 Å². The van der Waals surface area contributed by atoms with Gasteiger partial charge >= 0.3 is 0 Å². The quantitative estimate of drug-likeness (QED) is 0.168. The van der Waals surface area contributed by atoms with Crippen molar-refractivity contribution in [2.24, 2.45) is 0 Å². The lowest BCUT2D eigenvalue weighted by Gasteiger charge is -2.14. The maximum absolute atomic E-state index is 6.13. The monoisotopic (exact) mass is 486 g/mol. The van der Waals surface area contributed by atoms with Crippen molar-refractivity contribution in [1.82, 2.24) is 9.97 Å². The predicted molar refractivity (Wildman–Crippen MR) is 133 cm³/mol. The van der Waals surface area contributed by atoms with E-state index >= 15 is 0 Å². The van der Waals surface area contributed by atoms with Crippen LogP contribution < -0.4 is 20.5 Å². The minimum atomic E-state index is 0.457. The first-order valence-electron chi connectivity index (χ1n) is 9.70. The van der Waals surface area contributed by atoms with Gasteiger partial charge in [-0.25, -0.2) is 9.97 Å². The van der Waals surface area contributed by atoms with Gasteiger partial charge in [0.2, 0.25) is 0 Å². The van der Waals surface area contributed by atoms with Crippen LogP contribution in [-0.4, -0.2) is 29.4 Å². The van der Waals surface area contributed by atoms with E-state index in [4.69, 9.17) is 38.4 Å². The maximum Gasteiger partial charge on any atom is 0.163 e. The molecule has 4 aromatic rings. The summed E-state index contributed by atoms with van der Waals surface area (Å²) in [5.41, 5.74) is 8.24. The van der Waals surface area contributed by atoms with Gasteiger partial charge in [0, 0.05) is 33.5 Å². The van der Waals surface area contributed by atoms with E-state index in [0.29, 0.717) is 34.0 Å². The Labute approximate surface area is 200 Å². The normalized spacial score (nSPS) is 10.8. The molecule has 0 atom stereocenters. The second-order valence-electron chi connectivity index (χ2n) is 6.73. The highest BCUT2D eigenvalue weighted by atomic mass is 35.5. The fourth-order valence-corrected chi connectivity index (χ4v) is 4.16. The van der Waals surface area contributed by atoms with Crippen LogP contribution in [-0.2, 0) is 0 Å². The van der Waals surface area contributed by atoms with Gasteiger partial charge < -0.3 is 20.5 Å². The van der Waals surface area contributed by atoms with Crippen LogP contribution in [0.2, 0.25) is 10.0 Å². The fraction of sp³-hybridized carbons (Fsp3) is 0.130. The number of rotatable bonds is 8. The van der Waals surface area contributed by atoms with Crippen molar-refractivity contribution in [2.45, 2.75) is 4.90 Å². The van der Waals surface area contributed by atoms with Gasteiger partial charge in [-0.15, -0.1) is 11.8 Å². The number of fused-ring (bicyclic) bond motifs is 1. The van der Waals surface area contributed by atoms with Crippen LogP contribution in [0.25, 0.3) is 10.9 Å². The van der Waals surface area contributed by atoms with Crippen molar-refractivity contribution in [1.29, 1.82) is 0 Å². The Kier molecular flexibility index (Phi) is 7.09. The topological polar surface area (TPSA) is 82.3 Å². The summed E-state index contributed by atoms with van der Waals surface area (Å²) >= 11 is 13.8. The van der Waals surface area contributed by atoms with Gasteiger partial charge in [-0.05, 0) is 36.4 Å². The number of methoxy groups -OCH3 is 1. The fourth-order valence-electron chi connectivity index (χ4n) is 3.06. The van der Waals surface area contributed by atoms with Gasteiger partial charge in [0.25, 0.3) is 0 Å². The second-order valence-corrected chi connectivity index (χ2v) is 8.68. The highest BCUT2D eigenvalue weighted by Crippen LogP contribution is 2.35. The summed E-state index contributed by atoms with van der Waals surface area (Å²) in [5.74, 6) is 2.56. The lowest BCUT2D eigenvalue weighted by Crippen LogP contribution is -2.03. The minimum absolute atomic E-state index is 0.457. The molecule has 0 fully saturated rings. The maximum atomic E-state index is 6.13. The molecular weight excluding hydrogens is 467 g/mol. The van der Waals surface area contributed by atoms with Crippen molar-refractivity contribution in [3.05, 3.63) is 71.0 Å². The minimum Gasteiger partial charge on any atom is -0.493 e. The summed E-state index contributed by atoms with van der Waals surface area (Å²) in [4.78, 5) is 9.78. The van der Waals surface area contributed by atoms with Crippen LogP contribution in [0.1, 0.15) is 0 Å². The number of nitrogens with one attached hydrogen (secondary N) is 1. The zero-order chi connectivity index (χ0) is 22.5. The molecule has 164 valence electrons. The number of nitrogens with zero attached hydrogens (tertiary/aromatic N) is 2. The molecule has 1 heterocycles. The summed E-state index contributed by atoms with van der Waals surface area (Å²) < 4.78 is 11.5. The summed E-state index contributed by atoms with van der Waals surface area (Å²) in [6.45, 7) is 0.486. The predicted octanol–water partition coefficient (Wildman–Crippen LogP) is 6.44. The Hall–Kier alpha value is -2.87. The first-order valence-corrected chi connectivity index (χ1v) is 11.4. The number of nitrogens with two attached hydrogens (primary N) is 1. The molecule has 0 aliphatic heterocycles. The third kappa shape index (κ3) is 5.12. The van der Waals surface area contributed by atoms with E-state index < -0.39 is 0 Å². The lowest BCUT2D eigenvalue weighted by atomic mass is 10.2. The van der Waals surface area contributed by atoms with E-state index in [1.807, 2.05) is 42.5 Å². The average molecular weight is 487 g/mol. The van der Waals surface area contributed by atoms with Gasteiger partial charge in [0.05, 0.1) is 29.3 Å². The molecule has 1 aromatic heterocycles. The highest BCUT2D eigenvalue weighted by molar-refractivity contribution is 7.99. The number of thioether (sulfide) groups is 1. The van der Waals surface area contributed by atoms with E-state index in [-0.39, 0.29) is 0 Å². The molecule has 6 nitrogen and oxygen atoms in total. The van der Waals surface area contributed by atoms with Crippen molar-refractivity contribution < 1.29 is 9.47 Å². The number of benzene rings is 3. The van der Waals surface area contributed by atoms with Crippen molar-refractivity contribution in [2.75, 3.05) is 30.5 Å². The molecular formula is C23H20Cl2N4O2S. The van der Waals surface area contributed by atoms with Gasteiger partial charge in [0.1, 0.15) is 12.1 Å². The number of aromatic nitrogens is 2. The number of para-hydroxylation sites is 1. The Bertz CT molecular complexity index is 1260. The van der Waals surface area contributed by atoms with Gasteiger partial charge in [-0.3, -0.25) is 0 Å². The summed E-state index contributed by atoms with van der Waals surface area (Å²) in [7, 11) is 1.60. The molecule has 3 aromatic carbocycles. The van der Waals surface area contributed by atoms with Crippen LogP contribution in [0.5, 0.6) is 11.5 Å². The Morgan fingerprint density at radius 2 is 1.84 bits per heavy atom. The molecule has 0 saturated heterocycles. The Morgan fingerprint density at radius 1 is 1.00 bits per heavy atom. The first-order chi connectivity index (χ1) is 15.5. The molecule has 0 aliphatic carbocycles. The number of anilines is 3. The molecule has 4 rings (SSSR count). The summed E-state index contributed by atoms with van der Waals surface area (Å²) in [5, 5.41) is 4.99. The molecule has 0 saturated carbocycles. The van der Waals surface area contributed by atoms with Gasteiger partial charge in [-0.2, -0.15) is 0 Å². The summed E-state index contributed by atoms with van der Waals surface area (Å²) in [6, 6.07) is 16.8. The highest BCUT2D eigenvalue weighted by Gasteiger charge is 2.12. The Morgan fingerprint density at radius 3 is 2.62 bits per heavy atom. The molecule has 0 bridgehead atoms. The number of nitrogen functional groups attached to an aromatic ring is 1. The van der Waals surface area contributed by atoms with E-state index in [0.717, 1.165) is 32.9 Å². The van der Waals surface area contributed by atoms with Crippen molar-refractivity contribution in [3.63, 3.8) is 0 Å². The van der Waals surface area contributed by atoms with E-state index in [1.54, 1.807) is 31.0 Å². The standard InChI is InChI=1S/C23H20Cl2N4O2S/c1-30-20-11-15-19(12-21(20)31-8-9-32-22-5-3-2-4-18(22)26)27-13-28-23(15)29-14-6-7-16(24)17(25)10-14/h2-7,10-13H,8-9,26H2,1H3,(H,27,28,29). The van der Waals surface area contributed by atoms with E-state index in [2.05, 4.69) is 15.3 Å². The Balaban J connectivity index is 1.52. The molecule has 0 aliphatic rings. The second kappa shape index (κ2) is 10.2. The number of hydrogen-bond donors (Lipinski definition) is 2. The van der Waals surface area contributed by atoms with Gasteiger partial charge in [0.15, 0.2) is 11.5 Å². The third-order valence-electron chi connectivity index (χ3n) is 4.62. The molecule has 0 spiro atoms. The number of halogens is 2. The first kappa shape index (κ1) is 22.3. The van der Waals surface area contributed by atoms with Crippen LogP contribution >= 0.6 is 35.0 Å². The third-order valence-corrected chi connectivity index (χ3v) is 6.41. The molecule has 32 heavy (non-hydrogen) atoms. The van der Waals surface area contributed by atoms with Crippen LogP contribution in [0, 0.1) is 0 Å². The summed E-state index contributed by atoms with van der Waals surface area (Å²) in [6.07, 6.45) is 1.49. The van der Waals surface area contributed by atoms with E-state index in [1.165, 1.54) is 6.33 Å². The lowest BCUT2D eigenvalue weighted by molar-refractivity contribution is 0.314. The van der Waals surface area contributed by atoms with Gasteiger partial charge in [-0.1, -0.05) is 35.3 Å². The zero-order valence-corrected chi connectivity index (χ0v) is 19.5. The molecule has 0 amide bonds. The van der Waals surface area contributed by atoms with E-state index in [9.17, 15) is 0 Å². The van der Waals surface area contributed by atoms with Crippen LogP contribution in [0.15, 0.2) is 65.8 Å². The smallest absolute Gasteiger partial charge is 0.163 e. The molecule has 9 heteroatoms. The zero-order valence-electron chi connectivity index (χ0n) is 17.1. The number of ether oxygens (including phenoxy) is 2. The van der Waals surface area contributed by atoms with Crippen molar-refractivity contribution in [3.8, 4) is 11.5 Å².